The van der Waals surface area contributed by atoms with Crippen molar-refractivity contribution in [1.82, 2.24) is 15.2 Å². The van der Waals surface area contributed by atoms with Crippen LogP contribution in [0.3, 0.4) is 0 Å². The second-order valence-corrected chi connectivity index (χ2v) is 8.65. The fourth-order valence-corrected chi connectivity index (χ4v) is 5.44. The smallest absolute Gasteiger partial charge is 0.230 e. The molecule has 2 amide bonds. The van der Waals surface area contributed by atoms with Crippen molar-refractivity contribution in [3.05, 3.63) is 42.2 Å². The lowest BCUT2D eigenvalue weighted by Crippen LogP contribution is -2.47. The molecule has 5 rings (SSSR count). The Morgan fingerprint density at radius 3 is 2.86 bits per heavy atom. The van der Waals surface area contributed by atoms with E-state index in [9.17, 15) is 9.59 Å². The molecule has 2 saturated heterocycles. The zero-order valence-electron chi connectivity index (χ0n) is 16.0. The number of fused-ring (bicyclic) bond motifs is 1. The topological polar surface area (TPSA) is 71.5 Å². The predicted molar refractivity (Wildman–Crippen MR) is 103 cm³/mol. The van der Waals surface area contributed by atoms with E-state index in [-0.39, 0.29) is 24.0 Å². The minimum absolute atomic E-state index is 0.00953. The summed E-state index contributed by atoms with van der Waals surface area (Å²) >= 11 is 0. The number of carbonyl (C=O) groups excluding carboxylic acids is 2. The van der Waals surface area contributed by atoms with Gasteiger partial charge in [-0.15, -0.1) is 0 Å². The van der Waals surface area contributed by atoms with Crippen molar-refractivity contribution in [2.24, 2.45) is 11.8 Å². The number of amides is 2. The second kappa shape index (κ2) is 6.99. The van der Waals surface area contributed by atoms with Gasteiger partial charge in [0, 0.05) is 25.0 Å². The summed E-state index contributed by atoms with van der Waals surface area (Å²) in [5.41, 5.74) is 0.347. The molecule has 28 heavy (non-hydrogen) atoms. The zero-order chi connectivity index (χ0) is 19.1. The molecule has 6 nitrogen and oxygen atoms in total. The molecule has 1 aromatic rings. The highest BCUT2D eigenvalue weighted by Gasteiger charge is 2.66. The van der Waals surface area contributed by atoms with E-state index in [4.69, 9.17) is 4.74 Å². The van der Waals surface area contributed by atoms with Crippen LogP contribution in [0.4, 0.5) is 0 Å². The van der Waals surface area contributed by atoms with Crippen LogP contribution in [0.1, 0.15) is 44.1 Å². The third kappa shape index (κ3) is 2.94. The average molecular weight is 381 g/mol. The van der Waals surface area contributed by atoms with Gasteiger partial charge >= 0.3 is 0 Å². The van der Waals surface area contributed by atoms with Gasteiger partial charge in [-0.1, -0.05) is 43.9 Å². The molecule has 1 spiro atoms. The lowest BCUT2D eigenvalue weighted by molar-refractivity contribution is -0.138. The van der Waals surface area contributed by atoms with Crippen LogP contribution in [0.25, 0.3) is 0 Å². The summed E-state index contributed by atoms with van der Waals surface area (Å²) < 4.78 is 6.22. The summed E-state index contributed by atoms with van der Waals surface area (Å²) in [4.78, 5) is 32.4. The Morgan fingerprint density at radius 1 is 1.29 bits per heavy atom. The molecule has 4 aliphatic rings. The standard InChI is InChI=1S/C22H27N3O3/c26-20(24-16-7-3-1-2-4-8-16)18-17-9-10-22(28-17)14-25(21(27)19(18)22)13-15-6-5-11-23-12-15/h5-6,9-12,16-19H,1-4,7-8,13-14H2,(H,24,26)/t17?,18-,19+,22?/m1/s1. The number of pyridine rings is 1. The van der Waals surface area contributed by atoms with E-state index in [1.165, 1.54) is 25.7 Å². The molecule has 6 heteroatoms. The van der Waals surface area contributed by atoms with Crippen LogP contribution < -0.4 is 5.32 Å². The van der Waals surface area contributed by atoms with Crippen LogP contribution in [-0.2, 0) is 20.9 Å². The molecule has 1 saturated carbocycles. The molecule has 0 radical (unpaired) electrons. The zero-order valence-corrected chi connectivity index (χ0v) is 16.0. The monoisotopic (exact) mass is 381 g/mol. The lowest BCUT2D eigenvalue weighted by Gasteiger charge is -2.26. The molecular formula is C22H27N3O3. The van der Waals surface area contributed by atoms with E-state index >= 15 is 0 Å². The molecule has 3 fully saturated rings. The SMILES string of the molecule is O=C(NC1CCCCCC1)[C@@H]1C2C=CC3(CN(Cc4cccnc4)C(=O)[C@H]13)O2. The first-order chi connectivity index (χ1) is 13.7. The van der Waals surface area contributed by atoms with Gasteiger partial charge in [0.1, 0.15) is 5.60 Å². The van der Waals surface area contributed by atoms with E-state index < -0.39 is 17.4 Å². The normalized spacial score (nSPS) is 34.5. The van der Waals surface area contributed by atoms with Crippen molar-refractivity contribution >= 4 is 11.8 Å². The van der Waals surface area contributed by atoms with Gasteiger partial charge in [-0.2, -0.15) is 0 Å². The first-order valence-corrected chi connectivity index (χ1v) is 10.5. The molecule has 1 aliphatic carbocycles. The van der Waals surface area contributed by atoms with Crippen molar-refractivity contribution in [2.75, 3.05) is 6.54 Å². The van der Waals surface area contributed by atoms with Gasteiger partial charge in [-0.3, -0.25) is 14.6 Å². The molecule has 0 aromatic carbocycles. The van der Waals surface area contributed by atoms with Crippen LogP contribution in [0.2, 0.25) is 0 Å². The predicted octanol–water partition coefficient (Wildman–Crippen LogP) is 2.20. The van der Waals surface area contributed by atoms with Gasteiger partial charge in [0.15, 0.2) is 0 Å². The van der Waals surface area contributed by atoms with Crippen molar-refractivity contribution in [3.8, 4) is 0 Å². The number of hydrogen-bond donors (Lipinski definition) is 1. The Hall–Kier alpha value is -2.21. The number of nitrogens with zero attached hydrogens (tertiary/aromatic N) is 2. The van der Waals surface area contributed by atoms with Gasteiger partial charge in [-0.25, -0.2) is 0 Å². The van der Waals surface area contributed by atoms with Gasteiger partial charge in [-0.05, 0) is 24.5 Å². The molecule has 2 unspecified atom stereocenters. The number of likely N-dealkylation sites (tertiary alicyclic amines) is 1. The highest BCUT2D eigenvalue weighted by atomic mass is 16.5. The molecular weight excluding hydrogens is 354 g/mol. The Kier molecular flexibility index (Phi) is 4.46. The largest absolute Gasteiger partial charge is 0.360 e. The molecule has 4 atom stereocenters. The Labute approximate surface area is 165 Å². The molecule has 1 aromatic heterocycles. The third-order valence-electron chi connectivity index (χ3n) is 6.78. The van der Waals surface area contributed by atoms with E-state index in [0.717, 1.165) is 18.4 Å². The quantitative estimate of drug-likeness (QED) is 0.641. The summed E-state index contributed by atoms with van der Waals surface area (Å²) in [6.07, 6.45) is 14.1. The highest BCUT2D eigenvalue weighted by molar-refractivity contribution is 5.93. The molecule has 3 aliphatic heterocycles. The van der Waals surface area contributed by atoms with E-state index in [0.29, 0.717) is 13.1 Å². The number of rotatable bonds is 4. The fourth-order valence-electron chi connectivity index (χ4n) is 5.44. The Bertz CT molecular complexity index is 787. The van der Waals surface area contributed by atoms with Gasteiger partial charge in [0.05, 0.1) is 24.5 Å². The van der Waals surface area contributed by atoms with E-state index in [2.05, 4.69) is 10.3 Å². The Balaban J connectivity index is 1.33. The Morgan fingerprint density at radius 2 is 2.11 bits per heavy atom. The second-order valence-electron chi connectivity index (χ2n) is 8.65. The van der Waals surface area contributed by atoms with Gasteiger partial charge < -0.3 is 15.0 Å². The number of nitrogens with one attached hydrogen (secondary N) is 1. The van der Waals surface area contributed by atoms with Crippen molar-refractivity contribution < 1.29 is 14.3 Å². The third-order valence-corrected chi connectivity index (χ3v) is 6.78. The van der Waals surface area contributed by atoms with E-state index in [1.54, 1.807) is 12.4 Å². The summed E-state index contributed by atoms with van der Waals surface area (Å²) in [5, 5.41) is 3.25. The maximum absolute atomic E-state index is 13.2. The first-order valence-electron chi connectivity index (χ1n) is 10.5. The fraction of sp³-hybridized carbons (Fsp3) is 0.591. The molecule has 1 N–H and O–H groups in total. The van der Waals surface area contributed by atoms with Gasteiger partial charge in [0.2, 0.25) is 11.8 Å². The molecule has 4 heterocycles. The van der Waals surface area contributed by atoms with Crippen LogP contribution in [-0.4, -0.2) is 46.0 Å². The summed E-state index contributed by atoms with van der Waals surface area (Å²) in [6, 6.07) is 4.08. The van der Waals surface area contributed by atoms with Crippen molar-refractivity contribution in [2.45, 2.75) is 62.8 Å². The number of aromatic nitrogens is 1. The van der Waals surface area contributed by atoms with Crippen LogP contribution in [0, 0.1) is 11.8 Å². The highest BCUT2D eigenvalue weighted by Crippen LogP contribution is 2.52. The van der Waals surface area contributed by atoms with Crippen molar-refractivity contribution in [3.63, 3.8) is 0 Å². The van der Waals surface area contributed by atoms with E-state index in [1.807, 2.05) is 29.2 Å². The van der Waals surface area contributed by atoms with Crippen molar-refractivity contribution in [1.29, 1.82) is 0 Å². The summed E-state index contributed by atoms with van der Waals surface area (Å²) in [7, 11) is 0. The summed E-state index contributed by atoms with van der Waals surface area (Å²) in [5.74, 6) is -0.814. The summed E-state index contributed by atoms with van der Waals surface area (Å²) in [6.45, 7) is 1.01. The minimum Gasteiger partial charge on any atom is -0.360 e. The maximum Gasteiger partial charge on any atom is 0.230 e. The average Bonchev–Trinajstić information content (AvgIpc) is 3.24. The number of ether oxygens (including phenoxy) is 1. The van der Waals surface area contributed by atoms with Gasteiger partial charge in [0.25, 0.3) is 0 Å². The minimum atomic E-state index is -0.643. The lowest BCUT2D eigenvalue weighted by atomic mass is 9.76. The number of carbonyl (C=O) groups is 2. The van der Waals surface area contributed by atoms with Crippen LogP contribution in [0.5, 0.6) is 0 Å². The molecule has 148 valence electrons. The number of hydrogen-bond acceptors (Lipinski definition) is 4. The van der Waals surface area contributed by atoms with Crippen LogP contribution in [0.15, 0.2) is 36.7 Å². The molecule has 2 bridgehead atoms. The maximum atomic E-state index is 13.2. The van der Waals surface area contributed by atoms with Crippen LogP contribution >= 0.6 is 0 Å². The first kappa shape index (κ1) is 17.9.